The van der Waals surface area contributed by atoms with E-state index in [-0.39, 0.29) is 10.8 Å². The number of hydrogen-bond donors (Lipinski definition) is 1. The molecule has 0 aromatic rings. The molecular weight excluding hydrogens is 292 g/mol. The van der Waals surface area contributed by atoms with Crippen molar-refractivity contribution in [1.29, 1.82) is 0 Å². The summed E-state index contributed by atoms with van der Waals surface area (Å²) in [6, 6.07) is 0. The second-order valence-electron chi connectivity index (χ2n) is 9.24. The molecule has 0 aromatic carbocycles. The van der Waals surface area contributed by atoms with E-state index in [2.05, 4.69) is 32.4 Å². The summed E-state index contributed by atoms with van der Waals surface area (Å²) in [6.45, 7) is 9.31. The van der Waals surface area contributed by atoms with Gasteiger partial charge in [0.2, 0.25) is 0 Å². The van der Waals surface area contributed by atoms with Crippen molar-refractivity contribution in [2.24, 2.45) is 28.6 Å². The SMILES string of the molecule is C#C[C@]1(O)CC[C@H]2[C@]3(C)CCC4=CCCC[C@@H]4[C@H]3C(=C)C[C@@]21CC. The Kier molecular flexibility index (Phi) is 3.60. The highest BCUT2D eigenvalue weighted by Gasteiger charge is 2.67. The van der Waals surface area contributed by atoms with Gasteiger partial charge in [-0.25, -0.2) is 0 Å². The standard InChI is InChI=1S/C23H32O/c1-5-22-15-16(3)20-18-10-8-7-9-17(18)11-13-21(20,4)19(22)12-14-23(22,24)6-2/h2,9,18-20,24H,3,5,7-8,10-15H2,1,4H3/t18-,19-,20+,21-,22-,23-/m0/s1. The van der Waals surface area contributed by atoms with Crippen molar-refractivity contribution in [3.63, 3.8) is 0 Å². The smallest absolute Gasteiger partial charge is 0.131 e. The summed E-state index contributed by atoms with van der Waals surface area (Å²) in [5.74, 6) is 4.67. The monoisotopic (exact) mass is 324 g/mol. The Morgan fingerprint density at radius 2 is 2.17 bits per heavy atom. The van der Waals surface area contributed by atoms with E-state index in [0.29, 0.717) is 17.8 Å². The zero-order chi connectivity index (χ0) is 17.2. The number of aliphatic hydroxyl groups is 1. The number of fused-ring (bicyclic) bond motifs is 5. The van der Waals surface area contributed by atoms with Gasteiger partial charge in [-0.1, -0.05) is 43.6 Å². The Morgan fingerprint density at radius 1 is 1.38 bits per heavy atom. The molecule has 24 heavy (non-hydrogen) atoms. The third kappa shape index (κ3) is 1.82. The highest BCUT2D eigenvalue weighted by molar-refractivity contribution is 5.34. The Bertz CT molecular complexity index is 637. The van der Waals surface area contributed by atoms with Crippen molar-refractivity contribution in [3.8, 4) is 12.3 Å². The Balaban J connectivity index is 1.81. The van der Waals surface area contributed by atoms with E-state index >= 15 is 0 Å². The van der Waals surface area contributed by atoms with Crippen molar-refractivity contribution in [3.05, 3.63) is 23.8 Å². The van der Waals surface area contributed by atoms with Crippen LogP contribution in [-0.2, 0) is 0 Å². The Morgan fingerprint density at radius 3 is 2.88 bits per heavy atom. The summed E-state index contributed by atoms with van der Waals surface area (Å²) in [6.07, 6.45) is 18.5. The van der Waals surface area contributed by atoms with Gasteiger partial charge >= 0.3 is 0 Å². The fraction of sp³-hybridized carbons (Fsp3) is 0.739. The molecule has 0 amide bonds. The van der Waals surface area contributed by atoms with Gasteiger partial charge in [-0.2, -0.15) is 0 Å². The molecule has 3 saturated carbocycles. The number of rotatable bonds is 1. The normalized spacial score (nSPS) is 50.3. The zero-order valence-corrected chi connectivity index (χ0v) is 15.4. The van der Waals surface area contributed by atoms with E-state index in [9.17, 15) is 5.11 Å². The summed E-state index contributed by atoms with van der Waals surface area (Å²) in [7, 11) is 0. The maximum atomic E-state index is 11.3. The molecule has 1 N–H and O–H groups in total. The minimum absolute atomic E-state index is 0.153. The average Bonchev–Trinajstić information content (AvgIpc) is 2.89. The van der Waals surface area contributed by atoms with Crippen molar-refractivity contribution in [2.75, 3.05) is 0 Å². The van der Waals surface area contributed by atoms with Gasteiger partial charge in [0.1, 0.15) is 5.60 Å². The van der Waals surface area contributed by atoms with Crippen molar-refractivity contribution in [1.82, 2.24) is 0 Å². The molecular formula is C23H32O. The molecule has 4 aliphatic carbocycles. The van der Waals surface area contributed by atoms with Gasteiger partial charge in [0.05, 0.1) is 0 Å². The largest absolute Gasteiger partial charge is 0.377 e. The first kappa shape index (κ1) is 16.5. The van der Waals surface area contributed by atoms with Crippen LogP contribution in [0.25, 0.3) is 0 Å². The van der Waals surface area contributed by atoms with Crippen LogP contribution in [0.1, 0.15) is 71.6 Å². The molecule has 0 aliphatic heterocycles. The van der Waals surface area contributed by atoms with Crippen LogP contribution in [-0.4, -0.2) is 10.7 Å². The summed E-state index contributed by atoms with van der Waals surface area (Å²) in [5, 5.41) is 11.3. The lowest BCUT2D eigenvalue weighted by atomic mass is 9.42. The first-order valence-corrected chi connectivity index (χ1v) is 9.98. The predicted molar refractivity (Wildman–Crippen MR) is 99.2 cm³/mol. The molecule has 1 heteroatoms. The maximum absolute atomic E-state index is 11.3. The topological polar surface area (TPSA) is 20.2 Å². The van der Waals surface area contributed by atoms with E-state index in [1.807, 2.05) is 0 Å². The van der Waals surface area contributed by atoms with Gasteiger partial charge in [-0.05, 0) is 81.0 Å². The van der Waals surface area contributed by atoms with E-state index in [4.69, 9.17) is 6.42 Å². The first-order chi connectivity index (χ1) is 11.4. The third-order valence-electron chi connectivity index (χ3n) is 8.60. The fourth-order valence-electron chi connectivity index (χ4n) is 7.59. The van der Waals surface area contributed by atoms with Gasteiger partial charge in [-0.3, -0.25) is 0 Å². The molecule has 1 nitrogen and oxygen atoms in total. The predicted octanol–water partition coefficient (Wildman–Crippen LogP) is 5.26. The van der Waals surface area contributed by atoms with Crippen LogP contribution in [0.15, 0.2) is 23.8 Å². The second-order valence-corrected chi connectivity index (χ2v) is 9.24. The number of hydrogen-bond acceptors (Lipinski definition) is 1. The zero-order valence-electron chi connectivity index (χ0n) is 15.4. The lowest BCUT2D eigenvalue weighted by Gasteiger charge is -2.62. The van der Waals surface area contributed by atoms with Gasteiger partial charge in [0, 0.05) is 5.41 Å². The molecule has 0 saturated heterocycles. The average molecular weight is 325 g/mol. The summed E-state index contributed by atoms with van der Waals surface area (Å²) < 4.78 is 0. The molecule has 130 valence electrons. The molecule has 0 radical (unpaired) electrons. The minimum atomic E-state index is -0.938. The van der Waals surface area contributed by atoms with Crippen LogP contribution in [0, 0.1) is 40.9 Å². The van der Waals surface area contributed by atoms with Crippen molar-refractivity contribution in [2.45, 2.75) is 77.2 Å². The van der Waals surface area contributed by atoms with Crippen LogP contribution in [0.3, 0.4) is 0 Å². The number of terminal acetylenes is 1. The van der Waals surface area contributed by atoms with Crippen molar-refractivity contribution >= 4 is 0 Å². The molecule has 4 aliphatic rings. The quantitative estimate of drug-likeness (QED) is 0.515. The van der Waals surface area contributed by atoms with Gasteiger partial charge < -0.3 is 5.11 Å². The summed E-state index contributed by atoms with van der Waals surface area (Å²) in [5.41, 5.74) is 2.25. The lowest BCUT2D eigenvalue weighted by molar-refractivity contribution is -0.115. The summed E-state index contributed by atoms with van der Waals surface area (Å²) >= 11 is 0. The molecule has 0 heterocycles. The second kappa shape index (κ2) is 5.25. The van der Waals surface area contributed by atoms with E-state index in [0.717, 1.165) is 25.7 Å². The summed E-state index contributed by atoms with van der Waals surface area (Å²) in [4.78, 5) is 0. The van der Waals surface area contributed by atoms with Gasteiger partial charge in [0.25, 0.3) is 0 Å². The molecule has 0 unspecified atom stereocenters. The van der Waals surface area contributed by atoms with E-state index < -0.39 is 5.60 Å². The molecule has 3 fully saturated rings. The van der Waals surface area contributed by atoms with Crippen LogP contribution in [0.4, 0.5) is 0 Å². The highest BCUT2D eigenvalue weighted by Crippen LogP contribution is 2.71. The van der Waals surface area contributed by atoms with Crippen molar-refractivity contribution < 1.29 is 5.11 Å². The lowest BCUT2D eigenvalue weighted by Crippen LogP contribution is -2.58. The maximum Gasteiger partial charge on any atom is 0.131 e. The van der Waals surface area contributed by atoms with E-state index in [1.165, 1.54) is 37.7 Å². The minimum Gasteiger partial charge on any atom is -0.377 e. The third-order valence-corrected chi connectivity index (χ3v) is 8.60. The van der Waals surface area contributed by atoms with Crippen LogP contribution >= 0.6 is 0 Å². The molecule has 6 atom stereocenters. The molecule has 4 rings (SSSR count). The first-order valence-electron chi connectivity index (χ1n) is 9.98. The Labute approximate surface area is 147 Å². The highest BCUT2D eigenvalue weighted by atomic mass is 16.3. The molecule has 0 spiro atoms. The van der Waals surface area contributed by atoms with Gasteiger partial charge in [-0.15, -0.1) is 6.42 Å². The van der Waals surface area contributed by atoms with E-state index in [1.54, 1.807) is 5.57 Å². The molecule has 0 aromatic heterocycles. The van der Waals surface area contributed by atoms with Crippen LogP contribution in [0.5, 0.6) is 0 Å². The van der Waals surface area contributed by atoms with Crippen LogP contribution < -0.4 is 0 Å². The fourth-order valence-corrected chi connectivity index (χ4v) is 7.59. The Hall–Kier alpha value is -1.00. The molecule has 0 bridgehead atoms. The van der Waals surface area contributed by atoms with Crippen LogP contribution in [0.2, 0.25) is 0 Å². The van der Waals surface area contributed by atoms with Gasteiger partial charge in [0.15, 0.2) is 0 Å². The number of allylic oxidation sites excluding steroid dienone is 3.